The number of guanidine groups is 1. The number of hydrogen-bond acceptors (Lipinski definition) is 4. The second-order valence-corrected chi connectivity index (χ2v) is 7.33. The number of rotatable bonds is 10. The van der Waals surface area contributed by atoms with Gasteiger partial charge in [-0.25, -0.2) is 0 Å². The average molecular weight is 496 g/mol. The maximum atomic E-state index is 6.04. The standard InChI is InChI=1S/C20H40N4O2.HI/c1-2-21-20(22-11-7-8-13-24-14-17-25-18-15-24)23-12-16-26-19-9-5-3-4-6-10-19;/h19H,2-18H2,1H3,(H2,21,22,23);1H. The van der Waals surface area contributed by atoms with Gasteiger partial charge in [0, 0.05) is 32.7 Å². The van der Waals surface area contributed by atoms with Gasteiger partial charge in [0.15, 0.2) is 5.96 Å². The first-order valence-corrected chi connectivity index (χ1v) is 10.8. The SMILES string of the molecule is CCNC(=NCCCCN1CCOCC1)NCCOC1CCCCCC1.I. The molecule has 0 aromatic carbocycles. The molecule has 0 unspecified atom stereocenters. The smallest absolute Gasteiger partial charge is 0.191 e. The van der Waals surface area contributed by atoms with E-state index in [1.54, 1.807) is 0 Å². The molecular weight excluding hydrogens is 455 g/mol. The van der Waals surface area contributed by atoms with Crippen molar-refractivity contribution in [3.05, 3.63) is 0 Å². The second kappa shape index (κ2) is 16.8. The fraction of sp³-hybridized carbons (Fsp3) is 0.950. The van der Waals surface area contributed by atoms with Crippen LogP contribution in [0.5, 0.6) is 0 Å². The fourth-order valence-corrected chi connectivity index (χ4v) is 3.61. The van der Waals surface area contributed by atoms with E-state index in [0.29, 0.717) is 6.10 Å². The van der Waals surface area contributed by atoms with Crippen LogP contribution < -0.4 is 10.6 Å². The number of hydrogen-bond donors (Lipinski definition) is 2. The highest BCUT2D eigenvalue weighted by atomic mass is 127. The molecule has 0 radical (unpaired) electrons. The number of ether oxygens (including phenoxy) is 2. The van der Waals surface area contributed by atoms with Crippen LogP contribution in [0.4, 0.5) is 0 Å². The first kappa shape index (κ1) is 24.9. The molecule has 1 aliphatic heterocycles. The number of halogens is 1. The minimum absolute atomic E-state index is 0. The van der Waals surface area contributed by atoms with E-state index in [1.165, 1.54) is 44.9 Å². The number of unbranched alkanes of at least 4 members (excludes halogenated alkanes) is 1. The summed E-state index contributed by atoms with van der Waals surface area (Å²) >= 11 is 0. The van der Waals surface area contributed by atoms with E-state index in [2.05, 4.69) is 22.5 Å². The van der Waals surface area contributed by atoms with Gasteiger partial charge in [-0.15, -0.1) is 24.0 Å². The molecule has 0 aromatic rings. The van der Waals surface area contributed by atoms with Gasteiger partial charge in [-0.2, -0.15) is 0 Å². The predicted molar refractivity (Wildman–Crippen MR) is 123 cm³/mol. The highest BCUT2D eigenvalue weighted by Gasteiger charge is 2.12. The van der Waals surface area contributed by atoms with Crippen molar-refractivity contribution in [1.29, 1.82) is 0 Å². The highest BCUT2D eigenvalue weighted by Crippen LogP contribution is 2.19. The minimum Gasteiger partial charge on any atom is -0.379 e. The lowest BCUT2D eigenvalue weighted by atomic mass is 10.1. The summed E-state index contributed by atoms with van der Waals surface area (Å²) < 4.78 is 11.4. The molecule has 0 aromatic heterocycles. The molecule has 7 heteroatoms. The minimum atomic E-state index is 0. The molecule has 160 valence electrons. The normalized spacial score (nSPS) is 20.0. The first-order chi connectivity index (χ1) is 12.9. The highest BCUT2D eigenvalue weighted by molar-refractivity contribution is 14.0. The van der Waals surface area contributed by atoms with E-state index in [0.717, 1.165) is 71.5 Å². The summed E-state index contributed by atoms with van der Waals surface area (Å²) in [6.07, 6.45) is 10.7. The van der Waals surface area contributed by atoms with E-state index in [1.807, 2.05) is 0 Å². The molecule has 2 aliphatic rings. The Morgan fingerprint density at radius 2 is 1.81 bits per heavy atom. The molecule has 0 amide bonds. The Bertz CT molecular complexity index is 371. The third kappa shape index (κ3) is 12.1. The van der Waals surface area contributed by atoms with Crippen LogP contribution in [-0.4, -0.2) is 76.1 Å². The summed E-state index contributed by atoms with van der Waals surface area (Å²) in [6.45, 7) is 10.6. The van der Waals surface area contributed by atoms with Crippen LogP contribution >= 0.6 is 24.0 Å². The number of morpholine rings is 1. The molecular formula is C20H41IN4O2. The van der Waals surface area contributed by atoms with E-state index in [4.69, 9.17) is 14.5 Å². The maximum Gasteiger partial charge on any atom is 0.191 e. The van der Waals surface area contributed by atoms with Crippen LogP contribution in [0, 0.1) is 0 Å². The summed E-state index contributed by atoms with van der Waals surface area (Å²) in [5.74, 6) is 0.920. The van der Waals surface area contributed by atoms with E-state index in [9.17, 15) is 0 Å². The maximum absolute atomic E-state index is 6.04. The van der Waals surface area contributed by atoms with Crippen LogP contribution in [0.25, 0.3) is 0 Å². The zero-order valence-corrected chi connectivity index (χ0v) is 19.5. The second-order valence-electron chi connectivity index (χ2n) is 7.33. The third-order valence-electron chi connectivity index (χ3n) is 5.15. The summed E-state index contributed by atoms with van der Waals surface area (Å²) in [4.78, 5) is 7.18. The summed E-state index contributed by atoms with van der Waals surface area (Å²) in [6, 6.07) is 0. The lowest BCUT2D eigenvalue weighted by Gasteiger charge is -2.26. The fourth-order valence-electron chi connectivity index (χ4n) is 3.61. The van der Waals surface area contributed by atoms with Crippen LogP contribution in [0.3, 0.4) is 0 Å². The Labute approximate surface area is 183 Å². The van der Waals surface area contributed by atoms with Crippen LogP contribution in [0.1, 0.15) is 58.3 Å². The molecule has 2 N–H and O–H groups in total. The molecule has 1 saturated carbocycles. The largest absolute Gasteiger partial charge is 0.379 e. The molecule has 1 aliphatic carbocycles. The molecule has 0 bridgehead atoms. The van der Waals surface area contributed by atoms with E-state index >= 15 is 0 Å². The summed E-state index contributed by atoms with van der Waals surface area (Å²) in [5.41, 5.74) is 0. The van der Waals surface area contributed by atoms with Crippen LogP contribution in [0.2, 0.25) is 0 Å². The average Bonchev–Trinajstić information content (AvgIpc) is 2.94. The molecule has 1 heterocycles. The predicted octanol–water partition coefficient (Wildman–Crippen LogP) is 3.01. The lowest BCUT2D eigenvalue weighted by Crippen LogP contribution is -2.39. The van der Waals surface area contributed by atoms with Gasteiger partial charge in [0.05, 0.1) is 25.9 Å². The Morgan fingerprint density at radius 1 is 1.07 bits per heavy atom. The zero-order chi connectivity index (χ0) is 18.3. The van der Waals surface area contributed by atoms with Crippen LogP contribution in [-0.2, 0) is 9.47 Å². The Kier molecular flexibility index (Phi) is 15.5. The molecule has 1 saturated heterocycles. The van der Waals surface area contributed by atoms with Gasteiger partial charge in [-0.3, -0.25) is 9.89 Å². The Hall–Kier alpha value is -0.120. The van der Waals surface area contributed by atoms with Gasteiger partial charge in [-0.1, -0.05) is 25.7 Å². The van der Waals surface area contributed by atoms with Crippen molar-refractivity contribution in [2.45, 2.75) is 64.4 Å². The molecule has 2 fully saturated rings. The van der Waals surface area contributed by atoms with Crippen molar-refractivity contribution in [2.75, 3.05) is 59.1 Å². The summed E-state index contributed by atoms with van der Waals surface area (Å²) in [7, 11) is 0. The van der Waals surface area contributed by atoms with E-state index in [-0.39, 0.29) is 24.0 Å². The van der Waals surface area contributed by atoms with E-state index < -0.39 is 0 Å². The number of nitrogens with one attached hydrogen (secondary N) is 2. The molecule has 0 spiro atoms. The van der Waals surface area contributed by atoms with Crippen molar-refractivity contribution < 1.29 is 9.47 Å². The van der Waals surface area contributed by atoms with Crippen molar-refractivity contribution in [3.63, 3.8) is 0 Å². The van der Waals surface area contributed by atoms with Crippen molar-refractivity contribution in [1.82, 2.24) is 15.5 Å². The van der Waals surface area contributed by atoms with Gasteiger partial charge < -0.3 is 20.1 Å². The monoisotopic (exact) mass is 496 g/mol. The molecule has 27 heavy (non-hydrogen) atoms. The Morgan fingerprint density at radius 3 is 2.52 bits per heavy atom. The van der Waals surface area contributed by atoms with Gasteiger partial charge in [0.1, 0.15) is 0 Å². The van der Waals surface area contributed by atoms with Crippen molar-refractivity contribution in [3.8, 4) is 0 Å². The van der Waals surface area contributed by atoms with Crippen molar-refractivity contribution in [2.24, 2.45) is 4.99 Å². The van der Waals surface area contributed by atoms with Gasteiger partial charge in [-0.05, 0) is 39.2 Å². The first-order valence-electron chi connectivity index (χ1n) is 10.8. The molecule has 2 rings (SSSR count). The molecule has 6 nitrogen and oxygen atoms in total. The topological polar surface area (TPSA) is 58.1 Å². The van der Waals surface area contributed by atoms with Gasteiger partial charge in [0.2, 0.25) is 0 Å². The lowest BCUT2D eigenvalue weighted by molar-refractivity contribution is 0.0373. The summed E-state index contributed by atoms with van der Waals surface area (Å²) in [5, 5.41) is 6.73. The Balaban J connectivity index is 0.00000364. The zero-order valence-electron chi connectivity index (χ0n) is 17.2. The van der Waals surface area contributed by atoms with Gasteiger partial charge in [0.25, 0.3) is 0 Å². The number of nitrogens with zero attached hydrogens (tertiary/aromatic N) is 2. The quantitative estimate of drug-likeness (QED) is 0.160. The van der Waals surface area contributed by atoms with Gasteiger partial charge >= 0.3 is 0 Å². The van der Waals surface area contributed by atoms with Crippen molar-refractivity contribution >= 4 is 29.9 Å². The van der Waals surface area contributed by atoms with Crippen LogP contribution in [0.15, 0.2) is 4.99 Å². The third-order valence-corrected chi connectivity index (χ3v) is 5.15. The molecule has 0 atom stereocenters. The number of aliphatic imine (C=N–C) groups is 1.